The third kappa shape index (κ3) is 4.94. The van der Waals surface area contributed by atoms with Crippen LogP contribution in [0.15, 0.2) is 12.2 Å². The van der Waals surface area contributed by atoms with E-state index in [-0.39, 0.29) is 6.42 Å². The molecule has 0 aromatic heterocycles. The van der Waals surface area contributed by atoms with Crippen LogP contribution in [0.1, 0.15) is 20.3 Å². The van der Waals surface area contributed by atoms with Crippen LogP contribution >= 0.6 is 0 Å². The van der Waals surface area contributed by atoms with Gasteiger partial charge in [-0.1, -0.05) is 6.92 Å². The smallest absolute Gasteiger partial charge is 0.228 e. The first kappa shape index (κ1) is 12.5. The van der Waals surface area contributed by atoms with E-state index in [0.717, 1.165) is 0 Å². The number of rotatable bonds is 4. The Morgan fingerprint density at radius 3 is 2.23 bits per heavy atom. The Bertz CT molecular complexity index is 283. The Labute approximate surface area is 76.7 Å². The van der Waals surface area contributed by atoms with Gasteiger partial charge in [-0.15, -0.1) is 0 Å². The molecule has 3 nitrogen and oxygen atoms in total. The maximum absolute atomic E-state index is 11.6. The summed E-state index contributed by atoms with van der Waals surface area (Å²) in [7, 11) is -3.62. The number of hydrogen-bond donors (Lipinski definition) is 1. The molecule has 2 N–H and O–H groups in total. The first-order valence-electron chi connectivity index (χ1n) is 3.78. The van der Waals surface area contributed by atoms with Gasteiger partial charge in [0.15, 0.2) is 0 Å². The van der Waals surface area contributed by atoms with E-state index in [9.17, 15) is 17.2 Å². The highest BCUT2D eigenvalue weighted by atomic mass is 32.2. The molecule has 0 spiro atoms. The van der Waals surface area contributed by atoms with E-state index in [1.165, 1.54) is 6.92 Å². The third-order valence-corrected chi connectivity index (χ3v) is 3.46. The zero-order valence-corrected chi connectivity index (χ0v) is 8.31. The maximum Gasteiger partial charge on any atom is 0.266 e. The zero-order valence-electron chi connectivity index (χ0n) is 7.50. The molecule has 0 saturated heterocycles. The summed E-state index contributed by atoms with van der Waals surface area (Å²) in [5.41, 5.74) is 0. The summed E-state index contributed by atoms with van der Waals surface area (Å²) in [4.78, 5) is 0. The van der Waals surface area contributed by atoms with Gasteiger partial charge >= 0.3 is 0 Å². The SMILES string of the molecule is C[C@H]([C@@H](C)CC=C(F)F)S(N)(=O)=O. The van der Waals surface area contributed by atoms with Crippen molar-refractivity contribution < 1.29 is 17.2 Å². The van der Waals surface area contributed by atoms with Gasteiger partial charge in [0.05, 0.1) is 5.25 Å². The highest BCUT2D eigenvalue weighted by molar-refractivity contribution is 7.89. The molecule has 0 aromatic rings. The molecular formula is C7H13F2NO2S. The molecule has 0 fully saturated rings. The third-order valence-electron chi connectivity index (χ3n) is 1.96. The fourth-order valence-electron chi connectivity index (χ4n) is 0.790. The average molecular weight is 213 g/mol. The quantitative estimate of drug-likeness (QED) is 0.768. The number of sulfonamides is 1. The molecule has 0 heterocycles. The minimum absolute atomic E-state index is 0.0138. The summed E-state index contributed by atoms with van der Waals surface area (Å²) in [5.74, 6) is -0.406. The van der Waals surface area contributed by atoms with Gasteiger partial charge in [0, 0.05) is 0 Å². The van der Waals surface area contributed by atoms with Gasteiger partial charge in [-0.3, -0.25) is 0 Å². The van der Waals surface area contributed by atoms with Crippen LogP contribution in [0, 0.1) is 5.92 Å². The molecule has 0 aromatic carbocycles. The molecule has 0 aliphatic heterocycles. The summed E-state index contributed by atoms with van der Waals surface area (Å²) in [6.07, 6.45) is -1.08. The molecule has 0 amide bonds. The lowest BCUT2D eigenvalue weighted by atomic mass is 10.1. The van der Waals surface area contributed by atoms with Gasteiger partial charge in [-0.25, -0.2) is 13.6 Å². The van der Waals surface area contributed by atoms with E-state index >= 15 is 0 Å². The number of primary sulfonamides is 1. The second kappa shape index (κ2) is 4.66. The Morgan fingerprint density at radius 2 is 1.92 bits per heavy atom. The van der Waals surface area contributed by atoms with Gasteiger partial charge in [-0.2, -0.15) is 8.78 Å². The lowest BCUT2D eigenvalue weighted by molar-refractivity contribution is 0.411. The number of hydrogen-bond acceptors (Lipinski definition) is 2. The molecular weight excluding hydrogens is 200 g/mol. The predicted octanol–water partition coefficient (Wildman–Crippen LogP) is 1.47. The van der Waals surface area contributed by atoms with Crippen molar-refractivity contribution in [3.63, 3.8) is 0 Å². The number of allylic oxidation sites excluding steroid dienone is 1. The normalized spacial score (nSPS) is 16.4. The first-order chi connectivity index (χ1) is 5.75. The van der Waals surface area contributed by atoms with Crippen LogP contribution in [0.3, 0.4) is 0 Å². The lowest BCUT2D eigenvalue weighted by Gasteiger charge is -2.15. The molecule has 78 valence electrons. The van der Waals surface area contributed by atoms with Crippen molar-refractivity contribution in [3.05, 3.63) is 12.2 Å². The highest BCUT2D eigenvalue weighted by Gasteiger charge is 2.21. The Hall–Kier alpha value is -0.490. The first-order valence-corrected chi connectivity index (χ1v) is 5.39. The second-order valence-electron chi connectivity index (χ2n) is 3.00. The Balaban J connectivity index is 4.29. The van der Waals surface area contributed by atoms with Gasteiger partial charge < -0.3 is 0 Å². The fraction of sp³-hybridized carbons (Fsp3) is 0.714. The highest BCUT2D eigenvalue weighted by Crippen LogP contribution is 2.15. The molecule has 0 saturated carbocycles. The van der Waals surface area contributed by atoms with E-state index in [0.29, 0.717) is 6.08 Å². The van der Waals surface area contributed by atoms with Crippen LogP contribution < -0.4 is 5.14 Å². The molecule has 0 unspecified atom stereocenters. The van der Waals surface area contributed by atoms with Crippen molar-refractivity contribution in [3.8, 4) is 0 Å². The van der Waals surface area contributed by atoms with Crippen LogP contribution in [0.4, 0.5) is 8.78 Å². The molecule has 0 rings (SSSR count). The lowest BCUT2D eigenvalue weighted by Crippen LogP contribution is -2.31. The van der Waals surface area contributed by atoms with Crippen molar-refractivity contribution in [2.75, 3.05) is 0 Å². The minimum Gasteiger partial charge on any atom is -0.228 e. The standard InChI is InChI=1S/C7H13F2NO2S/c1-5(3-4-7(8)9)6(2)13(10,11)12/h4-6H,3H2,1-2H3,(H2,10,11,12)/t5-,6+/m0/s1. The molecule has 0 aliphatic rings. The molecule has 0 aliphatic carbocycles. The number of nitrogens with two attached hydrogens (primary N) is 1. The summed E-state index contributed by atoms with van der Waals surface area (Å²) < 4.78 is 44.8. The maximum atomic E-state index is 11.6. The number of halogens is 2. The topological polar surface area (TPSA) is 60.2 Å². The van der Waals surface area contributed by atoms with E-state index in [1.54, 1.807) is 6.92 Å². The minimum atomic E-state index is -3.62. The Morgan fingerprint density at radius 1 is 1.46 bits per heavy atom. The van der Waals surface area contributed by atoms with Crippen molar-refractivity contribution in [2.45, 2.75) is 25.5 Å². The summed E-state index contributed by atoms with van der Waals surface area (Å²) in [5, 5.41) is 4.05. The molecule has 6 heteroatoms. The monoisotopic (exact) mass is 213 g/mol. The molecule has 0 bridgehead atoms. The van der Waals surface area contributed by atoms with Crippen molar-refractivity contribution in [1.82, 2.24) is 0 Å². The van der Waals surface area contributed by atoms with Crippen LogP contribution in [-0.4, -0.2) is 13.7 Å². The van der Waals surface area contributed by atoms with Crippen molar-refractivity contribution >= 4 is 10.0 Å². The fourth-order valence-corrected chi connectivity index (χ4v) is 1.55. The predicted molar refractivity (Wildman–Crippen MR) is 46.6 cm³/mol. The van der Waals surface area contributed by atoms with Crippen molar-refractivity contribution in [1.29, 1.82) is 0 Å². The molecule has 13 heavy (non-hydrogen) atoms. The van der Waals surface area contributed by atoms with Gasteiger partial charge in [0.25, 0.3) is 6.08 Å². The van der Waals surface area contributed by atoms with Crippen LogP contribution in [-0.2, 0) is 10.0 Å². The van der Waals surface area contributed by atoms with Gasteiger partial charge in [0.2, 0.25) is 10.0 Å². The second-order valence-corrected chi connectivity index (χ2v) is 4.92. The van der Waals surface area contributed by atoms with Crippen molar-refractivity contribution in [2.24, 2.45) is 11.1 Å². The largest absolute Gasteiger partial charge is 0.266 e. The van der Waals surface area contributed by atoms with E-state index in [4.69, 9.17) is 5.14 Å². The average Bonchev–Trinajstić information content (AvgIpc) is 1.96. The summed E-state index contributed by atoms with van der Waals surface area (Å²) in [6.45, 7) is 2.97. The van der Waals surface area contributed by atoms with Gasteiger partial charge in [0.1, 0.15) is 0 Å². The van der Waals surface area contributed by atoms with E-state index in [2.05, 4.69) is 0 Å². The molecule has 0 radical (unpaired) electrons. The summed E-state index contributed by atoms with van der Waals surface area (Å²) >= 11 is 0. The van der Waals surface area contributed by atoms with E-state index in [1.807, 2.05) is 0 Å². The summed E-state index contributed by atoms with van der Waals surface area (Å²) in [6, 6.07) is 0. The van der Waals surface area contributed by atoms with Gasteiger partial charge in [-0.05, 0) is 25.3 Å². The van der Waals surface area contributed by atoms with Crippen LogP contribution in [0.5, 0.6) is 0 Å². The van der Waals surface area contributed by atoms with Crippen LogP contribution in [0.2, 0.25) is 0 Å². The zero-order chi connectivity index (χ0) is 10.6. The van der Waals surface area contributed by atoms with Crippen LogP contribution in [0.25, 0.3) is 0 Å². The Kier molecular flexibility index (Phi) is 4.49. The van der Waals surface area contributed by atoms with E-state index < -0.39 is 27.3 Å². The molecule has 2 atom stereocenters.